The quantitative estimate of drug-likeness (QED) is 0.793. The Morgan fingerprint density at radius 3 is 2.81 bits per heavy atom. The van der Waals surface area contributed by atoms with Crippen LogP contribution in [0.2, 0.25) is 0 Å². The minimum atomic E-state index is 0.548. The van der Waals surface area contributed by atoms with E-state index in [9.17, 15) is 0 Å². The van der Waals surface area contributed by atoms with Crippen LogP contribution in [-0.2, 0) is 6.54 Å². The maximum Gasteiger partial charge on any atom is 0.192 e. The van der Waals surface area contributed by atoms with Gasteiger partial charge in [-0.25, -0.2) is 4.98 Å². The van der Waals surface area contributed by atoms with Crippen LogP contribution in [0.4, 0.5) is 0 Å². The molecule has 0 aliphatic heterocycles. The summed E-state index contributed by atoms with van der Waals surface area (Å²) in [6, 6.07) is 6.76. The molecule has 0 fully saturated rings. The number of fused-ring (bicyclic) bond motifs is 1. The van der Waals surface area contributed by atoms with Gasteiger partial charge in [-0.05, 0) is 38.6 Å². The van der Waals surface area contributed by atoms with Crippen molar-refractivity contribution in [2.45, 2.75) is 33.4 Å². The summed E-state index contributed by atoms with van der Waals surface area (Å²) >= 11 is 0. The van der Waals surface area contributed by atoms with Crippen LogP contribution >= 0.6 is 0 Å². The Labute approximate surface area is 96.1 Å². The molecule has 0 atom stereocenters. The van der Waals surface area contributed by atoms with Crippen molar-refractivity contribution < 1.29 is 4.42 Å². The summed E-state index contributed by atoms with van der Waals surface area (Å²) in [7, 11) is 2.13. The van der Waals surface area contributed by atoms with Gasteiger partial charge in [0.25, 0.3) is 0 Å². The van der Waals surface area contributed by atoms with Crippen LogP contribution in [0.15, 0.2) is 22.6 Å². The fourth-order valence-corrected chi connectivity index (χ4v) is 1.65. The Morgan fingerprint density at radius 1 is 1.38 bits per heavy atom. The van der Waals surface area contributed by atoms with E-state index in [1.165, 1.54) is 5.56 Å². The molecule has 0 N–H and O–H groups in total. The van der Waals surface area contributed by atoms with Crippen molar-refractivity contribution in [3.63, 3.8) is 0 Å². The molecule has 2 rings (SSSR count). The van der Waals surface area contributed by atoms with Gasteiger partial charge in [0.15, 0.2) is 11.5 Å². The van der Waals surface area contributed by atoms with Crippen molar-refractivity contribution in [2.24, 2.45) is 0 Å². The Bertz CT molecular complexity index is 488. The average Bonchev–Trinajstić information content (AvgIpc) is 2.57. The number of benzene rings is 1. The SMILES string of the molecule is Cc1nc2ccc(CN(C)C(C)C)cc2o1. The van der Waals surface area contributed by atoms with E-state index < -0.39 is 0 Å². The van der Waals surface area contributed by atoms with Crippen LogP contribution in [0, 0.1) is 6.92 Å². The van der Waals surface area contributed by atoms with Crippen LogP contribution in [0.3, 0.4) is 0 Å². The number of aromatic nitrogens is 1. The van der Waals surface area contributed by atoms with E-state index in [4.69, 9.17) is 4.42 Å². The van der Waals surface area contributed by atoms with E-state index >= 15 is 0 Å². The number of hydrogen-bond acceptors (Lipinski definition) is 3. The van der Waals surface area contributed by atoms with Crippen LogP contribution < -0.4 is 0 Å². The molecule has 0 spiro atoms. The normalized spacial score (nSPS) is 11.9. The Morgan fingerprint density at radius 2 is 2.12 bits per heavy atom. The van der Waals surface area contributed by atoms with Gasteiger partial charge >= 0.3 is 0 Å². The molecule has 0 saturated heterocycles. The number of oxazole rings is 1. The summed E-state index contributed by atoms with van der Waals surface area (Å²) in [5.74, 6) is 0.726. The second-order valence-electron chi connectivity index (χ2n) is 4.54. The molecular weight excluding hydrogens is 200 g/mol. The average molecular weight is 218 g/mol. The highest BCUT2D eigenvalue weighted by Gasteiger charge is 2.07. The van der Waals surface area contributed by atoms with Crippen LogP contribution in [-0.4, -0.2) is 23.0 Å². The molecule has 1 aromatic heterocycles. The van der Waals surface area contributed by atoms with Crippen LogP contribution in [0.1, 0.15) is 25.3 Å². The third kappa shape index (κ3) is 2.25. The predicted octanol–water partition coefficient (Wildman–Crippen LogP) is 2.98. The van der Waals surface area contributed by atoms with Gasteiger partial charge < -0.3 is 4.42 Å². The van der Waals surface area contributed by atoms with E-state index in [0.29, 0.717) is 6.04 Å². The summed E-state index contributed by atoms with van der Waals surface area (Å²) in [6.45, 7) is 7.20. The van der Waals surface area contributed by atoms with Crippen molar-refractivity contribution >= 4 is 11.1 Å². The van der Waals surface area contributed by atoms with E-state index in [1.54, 1.807) is 0 Å². The van der Waals surface area contributed by atoms with E-state index in [2.05, 4.69) is 42.9 Å². The minimum absolute atomic E-state index is 0.548. The molecule has 0 aliphatic rings. The zero-order valence-corrected chi connectivity index (χ0v) is 10.3. The van der Waals surface area contributed by atoms with Crippen molar-refractivity contribution in [1.82, 2.24) is 9.88 Å². The van der Waals surface area contributed by atoms with Gasteiger partial charge in [-0.15, -0.1) is 0 Å². The fourth-order valence-electron chi connectivity index (χ4n) is 1.65. The summed E-state index contributed by atoms with van der Waals surface area (Å²) in [5, 5.41) is 0. The second kappa shape index (κ2) is 4.26. The lowest BCUT2D eigenvalue weighted by Gasteiger charge is -2.20. The van der Waals surface area contributed by atoms with Gasteiger partial charge in [-0.3, -0.25) is 4.90 Å². The molecule has 1 aromatic carbocycles. The largest absolute Gasteiger partial charge is 0.441 e. The number of hydrogen-bond donors (Lipinski definition) is 0. The molecule has 0 radical (unpaired) electrons. The molecule has 3 nitrogen and oxygen atoms in total. The molecule has 0 unspecified atom stereocenters. The highest BCUT2D eigenvalue weighted by atomic mass is 16.3. The van der Waals surface area contributed by atoms with Gasteiger partial charge in [0.1, 0.15) is 5.52 Å². The summed E-state index contributed by atoms with van der Waals surface area (Å²) in [4.78, 5) is 6.58. The van der Waals surface area contributed by atoms with Gasteiger partial charge in [-0.1, -0.05) is 6.07 Å². The summed E-state index contributed by atoms with van der Waals surface area (Å²) < 4.78 is 5.52. The molecule has 0 bridgehead atoms. The predicted molar refractivity (Wildman–Crippen MR) is 65.3 cm³/mol. The fraction of sp³-hybridized carbons (Fsp3) is 0.462. The van der Waals surface area contributed by atoms with Crippen LogP contribution in [0.5, 0.6) is 0 Å². The van der Waals surface area contributed by atoms with Gasteiger partial charge in [-0.2, -0.15) is 0 Å². The lowest BCUT2D eigenvalue weighted by molar-refractivity contribution is 0.266. The highest BCUT2D eigenvalue weighted by Crippen LogP contribution is 2.18. The molecule has 1 heterocycles. The Hall–Kier alpha value is -1.35. The molecular formula is C13H18N2O. The maximum absolute atomic E-state index is 5.52. The first-order chi connectivity index (χ1) is 7.56. The molecule has 0 saturated carbocycles. The highest BCUT2D eigenvalue weighted by molar-refractivity contribution is 5.73. The Balaban J connectivity index is 2.25. The lowest BCUT2D eigenvalue weighted by atomic mass is 10.2. The van der Waals surface area contributed by atoms with Crippen molar-refractivity contribution in [1.29, 1.82) is 0 Å². The van der Waals surface area contributed by atoms with Crippen LogP contribution in [0.25, 0.3) is 11.1 Å². The van der Waals surface area contributed by atoms with E-state index in [-0.39, 0.29) is 0 Å². The van der Waals surface area contributed by atoms with Gasteiger partial charge in [0.05, 0.1) is 0 Å². The number of nitrogens with zero attached hydrogens (tertiary/aromatic N) is 2. The number of aryl methyl sites for hydroxylation is 1. The van der Waals surface area contributed by atoms with E-state index in [0.717, 1.165) is 23.5 Å². The first kappa shape index (κ1) is 11.1. The molecule has 86 valence electrons. The monoisotopic (exact) mass is 218 g/mol. The van der Waals surface area contributed by atoms with Gasteiger partial charge in [0.2, 0.25) is 0 Å². The zero-order valence-electron chi connectivity index (χ0n) is 10.3. The van der Waals surface area contributed by atoms with E-state index in [1.807, 2.05) is 13.0 Å². The van der Waals surface area contributed by atoms with Crippen molar-refractivity contribution in [3.05, 3.63) is 29.7 Å². The number of rotatable bonds is 3. The first-order valence-electron chi connectivity index (χ1n) is 5.62. The van der Waals surface area contributed by atoms with Crippen molar-refractivity contribution in [2.75, 3.05) is 7.05 Å². The maximum atomic E-state index is 5.52. The molecule has 16 heavy (non-hydrogen) atoms. The standard InChI is InChI=1S/C13H18N2O/c1-9(2)15(4)8-11-5-6-12-13(7-11)16-10(3)14-12/h5-7,9H,8H2,1-4H3. The zero-order chi connectivity index (χ0) is 11.7. The third-order valence-corrected chi connectivity index (χ3v) is 2.87. The first-order valence-corrected chi connectivity index (χ1v) is 5.62. The topological polar surface area (TPSA) is 29.3 Å². The van der Waals surface area contributed by atoms with Crippen molar-refractivity contribution in [3.8, 4) is 0 Å². The third-order valence-electron chi connectivity index (χ3n) is 2.87. The molecule has 0 aliphatic carbocycles. The smallest absolute Gasteiger partial charge is 0.192 e. The molecule has 2 aromatic rings. The molecule has 0 amide bonds. The molecule has 3 heteroatoms. The lowest BCUT2D eigenvalue weighted by Crippen LogP contribution is -2.25. The van der Waals surface area contributed by atoms with Gasteiger partial charge in [0, 0.05) is 19.5 Å². The minimum Gasteiger partial charge on any atom is -0.441 e. The summed E-state index contributed by atoms with van der Waals surface area (Å²) in [6.07, 6.45) is 0. The summed E-state index contributed by atoms with van der Waals surface area (Å²) in [5.41, 5.74) is 3.08. The Kier molecular flexibility index (Phi) is 2.97. The second-order valence-corrected chi connectivity index (χ2v) is 4.54.